The molecule has 6 N–H and O–H groups in total. The molecule has 0 fully saturated rings. The summed E-state index contributed by atoms with van der Waals surface area (Å²) in [7, 11) is 0. The van der Waals surface area contributed by atoms with E-state index in [1.807, 2.05) is 0 Å². The van der Waals surface area contributed by atoms with Crippen molar-refractivity contribution in [2.75, 3.05) is 11.5 Å². The fourth-order valence-electron chi connectivity index (χ4n) is 2.86. The van der Waals surface area contributed by atoms with Crippen molar-refractivity contribution in [2.45, 2.75) is 25.8 Å². The van der Waals surface area contributed by atoms with E-state index >= 15 is 0 Å². The molecular formula is C21H21N7O4. The number of nitrogens with zero attached hydrogens (tertiary/aromatic N) is 4. The van der Waals surface area contributed by atoms with Crippen LogP contribution in [-0.2, 0) is 9.59 Å². The van der Waals surface area contributed by atoms with E-state index in [-0.39, 0.29) is 36.0 Å². The number of benzene rings is 2. The van der Waals surface area contributed by atoms with Gasteiger partial charge in [-0.2, -0.15) is 15.2 Å². The molecule has 1 aromatic heterocycles. The molecule has 1 atom stereocenters. The number of rotatable bonds is 8. The third kappa shape index (κ3) is 5.59. The maximum atomic E-state index is 12.3. The number of fused-ring (bicyclic) bond motifs is 1. The number of azo groups is 1. The average molecular weight is 435 g/mol. The van der Waals surface area contributed by atoms with E-state index in [0.29, 0.717) is 22.3 Å². The average Bonchev–Trinajstić information content (AvgIpc) is 2.75. The number of aromatic nitrogens is 2. The second-order valence-electron chi connectivity index (χ2n) is 7.02. The number of carboxylic acid groups (broad SMARTS) is 1. The van der Waals surface area contributed by atoms with E-state index in [4.69, 9.17) is 11.5 Å². The van der Waals surface area contributed by atoms with Crippen LogP contribution in [0.5, 0.6) is 0 Å². The second kappa shape index (κ2) is 9.60. The molecule has 0 aliphatic carbocycles. The lowest BCUT2D eigenvalue weighted by molar-refractivity contribution is -0.139. The van der Waals surface area contributed by atoms with Gasteiger partial charge in [-0.3, -0.25) is 4.79 Å². The quantitative estimate of drug-likeness (QED) is 0.389. The van der Waals surface area contributed by atoms with Gasteiger partial charge in [-0.1, -0.05) is 0 Å². The number of nitrogens with one attached hydrogen (secondary N) is 1. The van der Waals surface area contributed by atoms with Gasteiger partial charge in [-0.05, 0) is 55.8 Å². The molecule has 2 aromatic carbocycles. The molecule has 0 saturated heterocycles. The van der Waals surface area contributed by atoms with Gasteiger partial charge in [0, 0.05) is 17.4 Å². The number of carbonyl (C=O) groups excluding carboxylic acids is 2. The zero-order valence-electron chi connectivity index (χ0n) is 17.1. The first-order chi connectivity index (χ1) is 15.2. The highest BCUT2D eigenvalue weighted by Gasteiger charge is 2.21. The Morgan fingerprint density at radius 3 is 2.34 bits per heavy atom. The van der Waals surface area contributed by atoms with Crippen molar-refractivity contribution < 1.29 is 19.5 Å². The van der Waals surface area contributed by atoms with E-state index in [2.05, 4.69) is 25.5 Å². The zero-order valence-corrected chi connectivity index (χ0v) is 17.1. The van der Waals surface area contributed by atoms with E-state index < -0.39 is 17.9 Å². The second-order valence-corrected chi connectivity index (χ2v) is 7.02. The molecule has 164 valence electrons. The highest BCUT2D eigenvalue weighted by molar-refractivity contribution is 5.97. The third-order valence-electron chi connectivity index (χ3n) is 4.53. The van der Waals surface area contributed by atoms with Crippen LogP contribution in [-0.4, -0.2) is 38.8 Å². The molecule has 11 heteroatoms. The topological polar surface area (TPSA) is 186 Å². The van der Waals surface area contributed by atoms with Crippen molar-refractivity contribution in [1.82, 2.24) is 15.3 Å². The van der Waals surface area contributed by atoms with Crippen LogP contribution in [0.2, 0.25) is 0 Å². The Hall–Kier alpha value is -4.41. The van der Waals surface area contributed by atoms with E-state index in [1.165, 1.54) is 19.1 Å². The molecule has 1 heterocycles. The Balaban J connectivity index is 1.69. The molecule has 1 amide bonds. The minimum absolute atomic E-state index is 0.0244. The first-order valence-electron chi connectivity index (χ1n) is 9.60. The summed E-state index contributed by atoms with van der Waals surface area (Å²) < 4.78 is 0. The molecule has 0 aliphatic rings. The molecule has 0 radical (unpaired) electrons. The van der Waals surface area contributed by atoms with Gasteiger partial charge in [-0.25, -0.2) is 9.78 Å². The number of amides is 1. The zero-order chi connectivity index (χ0) is 23.3. The van der Waals surface area contributed by atoms with E-state index in [9.17, 15) is 19.5 Å². The van der Waals surface area contributed by atoms with Crippen molar-refractivity contribution in [3.05, 3.63) is 48.0 Å². The molecule has 3 rings (SSSR count). The van der Waals surface area contributed by atoms with Crippen molar-refractivity contribution in [1.29, 1.82) is 0 Å². The van der Waals surface area contributed by atoms with Crippen molar-refractivity contribution in [2.24, 2.45) is 10.2 Å². The maximum Gasteiger partial charge on any atom is 0.326 e. The number of anilines is 2. The highest BCUT2D eigenvalue weighted by atomic mass is 16.4. The van der Waals surface area contributed by atoms with E-state index in [0.717, 1.165) is 0 Å². The highest BCUT2D eigenvalue weighted by Crippen LogP contribution is 2.26. The molecule has 11 nitrogen and oxygen atoms in total. The Morgan fingerprint density at radius 1 is 1.03 bits per heavy atom. The number of carbonyl (C=O) groups is 3. The van der Waals surface area contributed by atoms with E-state index in [1.54, 1.807) is 30.3 Å². The lowest BCUT2D eigenvalue weighted by Crippen LogP contribution is -2.41. The summed E-state index contributed by atoms with van der Waals surface area (Å²) in [5.74, 6) is -1.58. The van der Waals surface area contributed by atoms with Crippen LogP contribution in [0.15, 0.2) is 52.7 Å². The Morgan fingerprint density at radius 2 is 1.69 bits per heavy atom. The summed E-state index contributed by atoms with van der Waals surface area (Å²) in [6.07, 6.45) is 0.0904. The number of aliphatic carboxylic acids is 1. The summed E-state index contributed by atoms with van der Waals surface area (Å²) in [6, 6.07) is 10.1. The fourth-order valence-corrected chi connectivity index (χ4v) is 2.86. The normalized spacial score (nSPS) is 12.0. The monoisotopic (exact) mass is 435 g/mol. The summed E-state index contributed by atoms with van der Waals surface area (Å²) in [5, 5.41) is 20.5. The lowest BCUT2D eigenvalue weighted by Gasteiger charge is -2.13. The SMILES string of the molecule is CC(=O)CC[C@H](NC(=O)c1ccc(N=Nc2ccc3nc(N)nc(N)c3c2)cc1)C(=O)O. The predicted molar refractivity (Wildman–Crippen MR) is 118 cm³/mol. The minimum atomic E-state index is -1.20. The molecule has 3 aromatic rings. The molecule has 0 spiro atoms. The summed E-state index contributed by atoms with van der Waals surface area (Å²) in [6.45, 7) is 1.37. The molecule has 0 unspecified atom stereocenters. The standard InChI is InChI=1S/C21H21N7O4/c1-11(29)2-8-17(20(31)32)24-19(30)12-3-5-13(6-4-12)27-28-14-7-9-16-15(10-14)18(22)26-21(23)25-16/h3-7,9-10,17H,2,8H2,1H3,(H,24,30)(H,31,32)(H4,22,23,25,26)/t17-/m0/s1. The summed E-state index contributed by atoms with van der Waals surface area (Å²) >= 11 is 0. The predicted octanol–water partition coefficient (Wildman–Crippen LogP) is 2.76. The molecule has 0 aliphatic heterocycles. The third-order valence-corrected chi connectivity index (χ3v) is 4.53. The van der Waals surface area contributed by atoms with Crippen LogP contribution in [0.25, 0.3) is 10.9 Å². The van der Waals surface area contributed by atoms with Gasteiger partial charge in [0.05, 0.1) is 16.9 Å². The van der Waals surface area contributed by atoms with Crippen LogP contribution < -0.4 is 16.8 Å². The van der Waals surface area contributed by atoms with Crippen molar-refractivity contribution in [3.63, 3.8) is 0 Å². The smallest absolute Gasteiger partial charge is 0.326 e. The van der Waals surface area contributed by atoms with Crippen LogP contribution >= 0.6 is 0 Å². The van der Waals surface area contributed by atoms with Crippen molar-refractivity contribution in [3.8, 4) is 0 Å². The molecular weight excluding hydrogens is 414 g/mol. The number of ketones is 1. The van der Waals surface area contributed by atoms with Gasteiger partial charge in [0.1, 0.15) is 17.6 Å². The number of nitrogen functional groups attached to an aromatic ring is 2. The van der Waals surface area contributed by atoms with Gasteiger partial charge < -0.3 is 26.7 Å². The molecule has 32 heavy (non-hydrogen) atoms. The maximum absolute atomic E-state index is 12.3. The number of carboxylic acids is 1. The number of Topliss-reactive ketones (excluding diaryl/α,β-unsaturated/α-hetero) is 1. The van der Waals surface area contributed by atoms with Gasteiger partial charge in [0.25, 0.3) is 5.91 Å². The Kier molecular flexibility index (Phi) is 6.68. The first-order valence-corrected chi connectivity index (χ1v) is 9.60. The van der Waals surface area contributed by atoms with Gasteiger partial charge in [-0.15, -0.1) is 0 Å². The van der Waals surface area contributed by atoms with Gasteiger partial charge in [0.2, 0.25) is 5.95 Å². The van der Waals surface area contributed by atoms with Crippen LogP contribution in [0.1, 0.15) is 30.1 Å². The summed E-state index contributed by atoms with van der Waals surface area (Å²) in [5.41, 5.74) is 13.3. The number of hydrogen-bond donors (Lipinski definition) is 4. The van der Waals surface area contributed by atoms with Gasteiger partial charge >= 0.3 is 5.97 Å². The minimum Gasteiger partial charge on any atom is -0.480 e. The van der Waals surface area contributed by atoms with Crippen molar-refractivity contribution >= 4 is 51.7 Å². The first kappa shape index (κ1) is 22.3. The molecule has 0 bridgehead atoms. The fraction of sp³-hybridized carbons (Fsp3) is 0.190. The summed E-state index contributed by atoms with van der Waals surface area (Å²) in [4.78, 5) is 42.7. The largest absolute Gasteiger partial charge is 0.480 e. The number of hydrogen-bond acceptors (Lipinski definition) is 9. The van der Waals surface area contributed by atoms with Crippen LogP contribution in [0, 0.1) is 0 Å². The molecule has 0 saturated carbocycles. The Labute approximate surface area is 182 Å². The van der Waals surface area contributed by atoms with Crippen LogP contribution in [0.3, 0.4) is 0 Å². The van der Waals surface area contributed by atoms with Crippen LogP contribution in [0.4, 0.5) is 23.1 Å². The lowest BCUT2D eigenvalue weighted by atomic mass is 10.1. The Bertz CT molecular complexity index is 1210. The number of nitrogens with two attached hydrogens (primary N) is 2. The van der Waals surface area contributed by atoms with Gasteiger partial charge in [0.15, 0.2) is 0 Å².